The lowest BCUT2D eigenvalue weighted by Gasteiger charge is -2.08. The normalized spacial score (nSPS) is 11.6. The smallest absolute Gasteiger partial charge is 0.242 e. The van der Waals surface area contributed by atoms with Crippen LogP contribution in [0, 0.1) is 12.7 Å². The van der Waals surface area contributed by atoms with E-state index < -0.39 is 10.0 Å². The largest absolute Gasteiger partial charge is 0.243 e. The Kier molecular flexibility index (Phi) is 4.92. The molecule has 0 radical (unpaired) electrons. The van der Waals surface area contributed by atoms with E-state index in [1.807, 2.05) is 0 Å². The van der Waals surface area contributed by atoms with Crippen LogP contribution >= 0.6 is 11.6 Å². The summed E-state index contributed by atoms with van der Waals surface area (Å²) in [4.78, 5) is 3.80. The minimum atomic E-state index is -3.61. The maximum absolute atomic E-state index is 13.0. The second-order valence-corrected chi connectivity index (χ2v) is 6.69. The van der Waals surface area contributed by atoms with Crippen LogP contribution in [-0.2, 0) is 16.4 Å². The van der Waals surface area contributed by atoms with Crippen LogP contribution in [0.3, 0.4) is 0 Å². The van der Waals surface area contributed by atoms with Gasteiger partial charge in [-0.2, -0.15) is 0 Å². The van der Waals surface area contributed by atoms with Crippen LogP contribution in [0.15, 0.2) is 41.4 Å². The van der Waals surface area contributed by atoms with Crippen LogP contribution in [0.1, 0.15) is 11.1 Å². The van der Waals surface area contributed by atoms with E-state index in [1.165, 1.54) is 30.5 Å². The van der Waals surface area contributed by atoms with Gasteiger partial charge in [0.25, 0.3) is 0 Å². The SMILES string of the molecule is Cc1cc(F)ccc1CCNS(=O)(=O)c1ccc(Cl)nc1. The minimum absolute atomic E-state index is 0.0581. The molecule has 1 aromatic carbocycles. The van der Waals surface area contributed by atoms with Gasteiger partial charge in [0.05, 0.1) is 0 Å². The van der Waals surface area contributed by atoms with Gasteiger partial charge in [0.1, 0.15) is 15.9 Å². The Morgan fingerprint density at radius 3 is 2.67 bits per heavy atom. The Labute approximate surface area is 128 Å². The van der Waals surface area contributed by atoms with E-state index in [4.69, 9.17) is 11.6 Å². The number of nitrogens with one attached hydrogen (secondary N) is 1. The molecule has 112 valence electrons. The fourth-order valence-electron chi connectivity index (χ4n) is 1.86. The summed E-state index contributed by atoms with van der Waals surface area (Å²) in [7, 11) is -3.61. The molecular weight excluding hydrogens is 315 g/mol. The summed E-state index contributed by atoms with van der Waals surface area (Å²) >= 11 is 5.62. The lowest BCUT2D eigenvalue weighted by Crippen LogP contribution is -2.26. The van der Waals surface area contributed by atoms with Crippen LogP contribution < -0.4 is 4.72 Å². The Bertz CT molecular complexity index is 733. The predicted octanol–water partition coefficient (Wildman–Crippen LogP) is 2.70. The first-order valence-corrected chi connectivity index (χ1v) is 8.11. The van der Waals surface area contributed by atoms with Crippen LogP contribution in [0.5, 0.6) is 0 Å². The molecule has 0 saturated heterocycles. The highest BCUT2D eigenvalue weighted by molar-refractivity contribution is 7.89. The highest BCUT2D eigenvalue weighted by Crippen LogP contribution is 2.12. The first-order valence-electron chi connectivity index (χ1n) is 6.25. The summed E-state index contributed by atoms with van der Waals surface area (Å²) in [6, 6.07) is 7.25. The third-order valence-electron chi connectivity index (χ3n) is 3.00. The Balaban J connectivity index is 2.00. The summed E-state index contributed by atoms with van der Waals surface area (Å²) in [5, 5.41) is 0.232. The molecule has 2 aromatic rings. The van der Waals surface area contributed by atoms with Crippen molar-refractivity contribution < 1.29 is 12.8 Å². The summed E-state index contributed by atoms with van der Waals surface area (Å²) in [5.41, 5.74) is 1.69. The number of hydrogen-bond acceptors (Lipinski definition) is 3. The first-order chi connectivity index (χ1) is 9.88. The van der Waals surface area contributed by atoms with Gasteiger partial charge in [0, 0.05) is 12.7 Å². The van der Waals surface area contributed by atoms with Crippen LogP contribution in [-0.4, -0.2) is 19.9 Å². The standard InChI is InChI=1S/C14H14ClFN2O2S/c1-10-8-12(16)3-2-11(10)6-7-18-21(19,20)13-4-5-14(15)17-9-13/h2-5,8-9,18H,6-7H2,1H3. The number of benzene rings is 1. The summed E-state index contributed by atoms with van der Waals surface area (Å²) in [6.07, 6.45) is 1.68. The summed E-state index contributed by atoms with van der Waals surface area (Å²) in [5.74, 6) is -0.302. The van der Waals surface area contributed by atoms with Gasteiger partial charge < -0.3 is 0 Å². The minimum Gasteiger partial charge on any atom is -0.243 e. The Morgan fingerprint density at radius 1 is 1.29 bits per heavy atom. The van der Waals surface area contributed by atoms with Crippen molar-refractivity contribution in [1.29, 1.82) is 0 Å². The summed E-state index contributed by atoms with van der Waals surface area (Å²) < 4.78 is 39.5. The fourth-order valence-corrected chi connectivity index (χ4v) is 2.95. The number of pyridine rings is 1. The van der Waals surface area contributed by atoms with E-state index in [0.717, 1.165) is 11.1 Å². The van der Waals surface area contributed by atoms with Crippen molar-refractivity contribution in [1.82, 2.24) is 9.71 Å². The van der Waals surface area contributed by atoms with Crippen LogP contribution in [0.2, 0.25) is 5.15 Å². The lowest BCUT2D eigenvalue weighted by molar-refractivity contribution is 0.581. The van der Waals surface area contributed by atoms with Gasteiger partial charge in [-0.25, -0.2) is 22.5 Å². The van der Waals surface area contributed by atoms with Crippen molar-refractivity contribution in [3.8, 4) is 0 Å². The van der Waals surface area contributed by atoms with E-state index in [0.29, 0.717) is 6.42 Å². The van der Waals surface area contributed by atoms with Gasteiger partial charge in [-0.1, -0.05) is 17.7 Å². The van der Waals surface area contributed by atoms with Crippen molar-refractivity contribution >= 4 is 21.6 Å². The molecule has 0 aliphatic rings. The average molecular weight is 329 g/mol. The molecule has 0 amide bonds. The van der Waals surface area contributed by atoms with Crippen molar-refractivity contribution in [3.05, 3.63) is 58.6 Å². The molecule has 0 saturated carbocycles. The molecule has 1 N–H and O–H groups in total. The number of halogens is 2. The molecule has 4 nitrogen and oxygen atoms in total. The van der Waals surface area contributed by atoms with Gasteiger partial charge in [0.2, 0.25) is 10.0 Å². The molecule has 0 aliphatic carbocycles. The number of nitrogens with zero attached hydrogens (tertiary/aromatic N) is 1. The van der Waals surface area contributed by atoms with Gasteiger partial charge in [-0.3, -0.25) is 0 Å². The number of sulfonamides is 1. The molecule has 0 spiro atoms. The van der Waals surface area contributed by atoms with Crippen molar-refractivity contribution in [2.45, 2.75) is 18.2 Å². The molecule has 1 aromatic heterocycles. The van der Waals surface area contributed by atoms with E-state index in [9.17, 15) is 12.8 Å². The quantitative estimate of drug-likeness (QED) is 0.858. The second-order valence-electron chi connectivity index (χ2n) is 4.54. The number of aryl methyl sites for hydroxylation is 1. The molecule has 0 aliphatic heterocycles. The topological polar surface area (TPSA) is 59.1 Å². The zero-order valence-corrected chi connectivity index (χ0v) is 12.9. The Hall–Kier alpha value is -1.50. The Morgan fingerprint density at radius 2 is 2.05 bits per heavy atom. The molecule has 0 atom stereocenters. The number of hydrogen-bond donors (Lipinski definition) is 1. The highest BCUT2D eigenvalue weighted by atomic mass is 35.5. The first kappa shape index (κ1) is 15.9. The fraction of sp³-hybridized carbons (Fsp3) is 0.214. The number of rotatable bonds is 5. The monoisotopic (exact) mass is 328 g/mol. The van der Waals surface area contributed by atoms with Gasteiger partial charge in [-0.15, -0.1) is 0 Å². The zero-order chi connectivity index (χ0) is 15.5. The third-order valence-corrected chi connectivity index (χ3v) is 4.67. The molecule has 21 heavy (non-hydrogen) atoms. The molecule has 1 heterocycles. The van der Waals surface area contributed by atoms with E-state index in [2.05, 4.69) is 9.71 Å². The van der Waals surface area contributed by atoms with Gasteiger partial charge in [0.15, 0.2) is 0 Å². The molecule has 0 fully saturated rings. The van der Waals surface area contributed by atoms with E-state index in [1.54, 1.807) is 13.0 Å². The third kappa shape index (κ3) is 4.23. The highest BCUT2D eigenvalue weighted by Gasteiger charge is 2.13. The lowest BCUT2D eigenvalue weighted by atomic mass is 10.1. The molecule has 0 bridgehead atoms. The predicted molar refractivity (Wildman–Crippen MR) is 79.3 cm³/mol. The molecule has 2 rings (SSSR count). The molecule has 7 heteroatoms. The molecule has 0 unspecified atom stereocenters. The average Bonchev–Trinajstić information content (AvgIpc) is 2.41. The maximum Gasteiger partial charge on any atom is 0.242 e. The van der Waals surface area contributed by atoms with E-state index in [-0.39, 0.29) is 22.4 Å². The second kappa shape index (κ2) is 6.51. The van der Waals surface area contributed by atoms with Crippen molar-refractivity contribution in [2.75, 3.05) is 6.54 Å². The van der Waals surface area contributed by atoms with Crippen LogP contribution in [0.25, 0.3) is 0 Å². The maximum atomic E-state index is 13.0. The summed E-state index contributed by atoms with van der Waals surface area (Å²) in [6.45, 7) is 2.01. The van der Waals surface area contributed by atoms with Gasteiger partial charge >= 0.3 is 0 Å². The zero-order valence-electron chi connectivity index (χ0n) is 11.3. The van der Waals surface area contributed by atoms with Crippen LogP contribution in [0.4, 0.5) is 4.39 Å². The molecular formula is C14H14ClFN2O2S. The van der Waals surface area contributed by atoms with Crippen molar-refractivity contribution in [2.24, 2.45) is 0 Å². The van der Waals surface area contributed by atoms with Gasteiger partial charge in [-0.05, 0) is 48.7 Å². The van der Waals surface area contributed by atoms with Crippen molar-refractivity contribution in [3.63, 3.8) is 0 Å². The number of aromatic nitrogens is 1. The van der Waals surface area contributed by atoms with E-state index >= 15 is 0 Å².